The van der Waals surface area contributed by atoms with Gasteiger partial charge in [0.25, 0.3) is 0 Å². The third-order valence-corrected chi connectivity index (χ3v) is 2.81. The van der Waals surface area contributed by atoms with Gasteiger partial charge in [-0.15, -0.1) is 0 Å². The van der Waals surface area contributed by atoms with Crippen molar-refractivity contribution in [2.45, 2.75) is 12.3 Å². The van der Waals surface area contributed by atoms with Crippen LogP contribution < -0.4 is 5.90 Å². The second-order valence-electron chi connectivity index (χ2n) is 3.61. The fraction of sp³-hybridized carbons (Fsp3) is 0.364. The number of hydrogen-bond donors (Lipinski definition) is 1. The predicted molar refractivity (Wildman–Crippen MR) is 61.0 cm³/mol. The van der Waals surface area contributed by atoms with Gasteiger partial charge in [0, 0.05) is 5.02 Å². The van der Waals surface area contributed by atoms with E-state index in [-0.39, 0.29) is 6.61 Å². The summed E-state index contributed by atoms with van der Waals surface area (Å²) in [6.45, 7) is 1.68. The highest BCUT2D eigenvalue weighted by Crippen LogP contribution is 2.31. The van der Waals surface area contributed by atoms with E-state index in [9.17, 15) is 4.79 Å². The molecule has 0 fully saturated rings. The van der Waals surface area contributed by atoms with Gasteiger partial charge in [0.1, 0.15) is 5.41 Å². The molecule has 0 aliphatic heterocycles. The van der Waals surface area contributed by atoms with Crippen molar-refractivity contribution in [3.8, 4) is 0 Å². The second kappa shape index (κ2) is 5.30. The molecule has 0 saturated carbocycles. The highest BCUT2D eigenvalue weighted by Gasteiger charge is 2.38. The van der Waals surface area contributed by atoms with Crippen LogP contribution in [0.1, 0.15) is 12.5 Å². The zero-order valence-electron chi connectivity index (χ0n) is 9.20. The fourth-order valence-corrected chi connectivity index (χ4v) is 1.89. The molecule has 0 aliphatic rings. The van der Waals surface area contributed by atoms with Crippen LogP contribution in [0.2, 0.25) is 5.02 Å². The van der Waals surface area contributed by atoms with Gasteiger partial charge in [0.15, 0.2) is 0 Å². The van der Waals surface area contributed by atoms with E-state index in [0.717, 1.165) is 0 Å². The smallest absolute Gasteiger partial charge is 0.318 e. The summed E-state index contributed by atoms with van der Waals surface area (Å²) >= 11 is 6.04. The minimum Gasteiger partial charge on any atom is -0.468 e. The Morgan fingerprint density at radius 1 is 1.50 bits per heavy atom. The molecular formula is C11H14ClNO3. The van der Waals surface area contributed by atoms with E-state index in [0.29, 0.717) is 10.6 Å². The Kier molecular flexibility index (Phi) is 4.29. The van der Waals surface area contributed by atoms with Gasteiger partial charge in [0.05, 0.1) is 13.7 Å². The van der Waals surface area contributed by atoms with Crippen LogP contribution in [0, 0.1) is 0 Å². The number of nitrogens with two attached hydrogens (primary N) is 1. The number of ether oxygens (including phenoxy) is 1. The molecule has 1 aromatic carbocycles. The summed E-state index contributed by atoms with van der Waals surface area (Å²) in [6, 6.07) is 7.03. The van der Waals surface area contributed by atoms with Gasteiger partial charge in [-0.1, -0.05) is 29.8 Å². The van der Waals surface area contributed by atoms with Crippen LogP contribution in [0.15, 0.2) is 24.3 Å². The van der Waals surface area contributed by atoms with E-state index in [1.165, 1.54) is 7.11 Å². The first-order chi connectivity index (χ1) is 7.56. The van der Waals surface area contributed by atoms with E-state index in [1.807, 2.05) is 0 Å². The maximum Gasteiger partial charge on any atom is 0.318 e. The molecule has 0 bridgehead atoms. The van der Waals surface area contributed by atoms with Crippen molar-refractivity contribution in [1.29, 1.82) is 0 Å². The van der Waals surface area contributed by atoms with E-state index in [1.54, 1.807) is 31.2 Å². The molecule has 88 valence electrons. The summed E-state index contributed by atoms with van der Waals surface area (Å²) in [6.07, 6.45) is 0. The highest BCUT2D eigenvalue weighted by atomic mass is 35.5. The van der Waals surface area contributed by atoms with Gasteiger partial charge < -0.3 is 9.57 Å². The molecule has 0 radical (unpaired) electrons. The topological polar surface area (TPSA) is 61.5 Å². The Morgan fingerprint density at radius 2 is 2.12 bits per heavy atom. The monoisotopic (exact) mass is 243 g/mol. The maximum atomic E-state index is 11.8. The van der Waals surface area contributed by atoms with Crippen LogP contribution in [-0.2, 0) is 19.8 Å². The molecule has 1 atom stereocenters. The summed E-state index contributed by atoms with van der Waals surface area (Å²) in [5.74, 6) is 4.60. The molecule has 1 unspecified atom stereocenters. The van der Waals surface area contributed by atoms with Gasteiger partial charge in [-0.3, -0.25) is 4.79 Å². The minimum atomic E-state index is -0.998. The number of benzene rings is 1. The van der Waals surface area contributed by atoms with Crippen molar-refractivity contribution in [3.05, 3.63) is 34.9 Å². The van der Waals surface area contributed by atoms with E-state index < -0.39 is 11.4 Å². The SMILES string of the molecule is COC(=O)C(C)(CON)c1ccccc1Cl. The number of halogens is 1. The Morgan fingerprint density at radius 3 is 2.62 bits per heavy atom. The molecule has 0 saturated heterocycles. The minimum absolute atomic E-state index is 0.00338. The van der Waals surface area contributed by atoms with Crippen molar-refractivity contribution >= 4 is 17.6 Å². The van der Waals surface area contributed by atoms with Crippen LogP contribution >= 0.6 is 11.6 Å². The molecule has 1 aromatic rings. The van der Waals surface area contributed by atoms with Crippen molar-refractivity contribution < 1.29 is 14.4 Å². The number of hydrogen-bond acceptors (Lipinski definition) is 4. The van der Waals surface area contributed by atoms with Crippen LogP contribution in [-0.4, -0.2) is 19.7 Å². The number of carbonyl (C=O) groups is 1. The van der Waals surface area contributed by atoms with Gasteiger partial charge in [0.2, 0.25) is 0 Å². The number of esters is 1. The summed E-state index contributed by atoms with van der Waals surface area (Å²) in [7, 11) is 1.31. The maximum absolute atomic E-state index is 11.8. The lowest BCUT2D eigenvalue weighted by molar-refractivity contribution is -0.149. The van der Waals surface area contributed by atoms with Gasteiger partial charge >= 0.3 is 5.97 Å². The van der Waals surface area contributed by atoms with Crippen LogP contribution in [0.3, 0.4) is 0 Å². The normalized spacial score (nSPS) is 14.2. The molecule has 5 heteroatoms. The lowest BCUT2D eigenvalue weighted by Crippen LogP contribution is -2.39. The molecule has 0 aliphatic carbocycles. The van der Waals surface area contributed by atoms with Crippen LogP contribution in [0.4, 0.5) is 0 Å². The van der Waals surface area contributed by atoms with Gasteiger partial charge in [-0.25, -0.2) is 5.90 Å². The molecule has 2 N–H and O–H groups in total. The Balaban J connectivity index is 3.21. The zero-order valence-corrected chi connectivity index (χ0v) is 9.95. The summed E-state index contributed by atoms with van der Waals surface area (Å²) < 4.78 is 4.74. The third-order valence-electron chi connectivity index (χ3n) is 2.48. The lowest BCUT2D eigenvalue weighted by atomic mass is 9.83. The van der Waals surface area contributed by atoms with Gasteiger partial charge in [-0.05, 0) is 18.6 Å². The Hall–Kier alpha value is -1.10. The Bertz CT molecular complexity index is 383. The Labute approximate surface area is 99.2 Å². The summed E-state index contributed by atoms with van der Waals surface area (Å²) in [5.41, 5.74) is -0.365. The molecule has 0 amide bonds. The third kappa shape index (κ3) is 2.35. The number of rotatable bonds is 4. The summed E-state index contributed by atoms with van der Waals surface area (Å²) in [4.78, 5) is 16.3. The van der Waals surface area contributed by atoms with E-state index in [2.05, 4.69) is 4.84 Å². The lowest BCUT2D eigenvalue weighted by Gasteiger charge is -2.26. The first-order valence-corrected chi connectivity index (χ1v) is 5.09. The van der Waals surface area contributed by atoms with Crippen LogP contribution in [0.5, 0.6) is 0 Å². The molecule has 1 rings (SSSR count). The second-order valence-corrected chi connectivity index (χ2v) is 4.02. The average molecular weight is 244 g/mol. The van der Waals surface area contributed by atoms with Gasteiger partial charge in [-0.2, -0.15) is 0 Å². The van der Waals surface area contributed by atoms with Crippen molar-refractivity contribution in [3.63, 3.8) is 0 Å². The largest absolute Gasteiger partial charge is 0.468 e. The standard InChI is InChI=1S/C11H14ClNO3/c1-11(7-16-13,10(14)15-2)8-5-3-4-6-9(8)12/h3-6H,7,13H2,1-2H3. The molecular weight excluding hydrogens is 230 g/mol. The van der Waals surface area contributed by atoms with Crippen molar-refractivity contribution in [2.75, 3.05) is 13.7 Å². The zero-order chi connectivity index (χ0) is 12.2. The molecule has 0 aromatic heterocycles. The van der Waals surface area contributed by atoms with Crippen LogP contribution in [0.25, 0.3) is 0 Å². The average Bonchev–Trinajstić information content (AvgIpc) is 2.28. The highest BCUT2D eigenvalue weighted by molar-refractivity contribution is 6.31. The van der Waals surface area contributed by atoms with E-state index >= 15 is 0 Å². The number of carbonyl (C=O) groups excluding carboxylic acids is 1. The number of methoxy groups -OCH3 is 1. The molecule has 0 spiro atoms. The first kappa shape index (κ1) is 13.0. The van der Waals surface area contributed by atoms with Crippen molar-refractivity contribution in [2.24, 2.45) is 5.90 Å². The van der Waals surface area contributed by atoms with E-state index in [4.69, 9.17) is 22.2 Å². The summed E-state index contributed by atoms with van der Waals surface area (Å²) in [5, 5.41) is 0.479. The predicted octanol–water partition coefficient (Wildman–Crippen LogP) is 1.66. The molecule has 4 nitrogen and oxygen atoms in total. The fourth-order valence-electron chi connectivity index (χ4n) is 1.55. The van der Waals surface area contributed by atoms with Crippen molar-refractivity contribution in [1.82, 2.24) is 0 Å². The quantitative estimate of drug-likeness (QED) is 0.645. The molecule has 16 heavy (non-hydrogen) atoms. The molecule has 0 heterocycles. The first-order valence-electron chi connectivity index (χ1n) is 4.71.